The molecule has 0 aliphatic carbocycles. The second-order valence-electron chi connectivity index (χ2n) is 7.80. The van der Waals surface area contributed by atoms with E-state index in [1.165, 1.54) is 5.56 Å². The van der Waals surface area contributed by atoms with Crippen molar-refractivity contribution in [3.05, 3.63) is 34.9 Å². The minimum absolute atomic E-state index is 0.0978. The molecule has 2 heterocycles. The Morgan fingerprint density at radius 1 is 0.909 bits per heavy atom. The number of nitrogens with zero attached hydrogens (tertiary/aromatic N) is 3. The lowest BCUT2D eigenvalue weighted by Crippen LogP contribution is -2.53. The molecule has 2 saturated heterocycles. The first kappa shape index (κ1) is 26.4. The Labute approximate surface area is 197 Å². The molecule has 0 atom stereocenters. The van der Waals surface area contributed by atoms with Gasteiger partial charge in [0.2, 0.25) is 5.91 Å². The first-order valence-electron chi connectivity index (χ1n) is 10.8. The summed E-state index contributed by atoms with van der Waals surface area (Å²) in [5.41, 5.74) is 1.25. The average molecular weight is 484 g/mol. The molecule has 2 N–H and O–H groups in total. The third kappa shape index (κ3) is 8.54. The monoisotopic (exact) mass is 483 g/mol. The van der Waals surface area contributed by atoms with Crippen molar-refractivity contribution in [2.75, 3.05) is 45.9 Å². The van der Waals surface area contributed by atoms with Crippen molar-refractivity contribution in [3.8, 4) is 0 Å². The molecular weight excluding hydrogens is 454 g/mol. The van der Waals surface area contributed by atoms with E-state index in [0.29, 0.717) is 32.8 Å². The third-order valence-corrected chi connectivity index (χ3v) is 5.81. The van der Waals surface area contributed by atoms with Crippen LogP contribution in [-0.2, 0) is 25.7 Å². The maximum absolute atomic E-state index is 12.8. The number of benzene rings is 1. The van der Waals surface area contributed by atoms with Gasteiger partial charge in [-0.1, -0.05) is 23.7 Å². The predicted molar refractivity (Wildman–Crippen MR) is 120 cm³/mol. The van der Waals surface area contributed by atoms with Gasteiger partial charge < -0.3 is 24.7 Å². The molecule has 10 nitrogen and oxygen atoms in total. The van der Waals surface area contributed by atoms with Crippen LogP contribution in [0, 0.1) is 5.92 Å². The highest BCUT2D eigenvalue weighted by Crippen LogP contribution is 2.22. The number of carboxylic acids is 2. The van der Waals surface area contributed by atoms with Crippen LogP contribution in [0.1, 0.15) is 25.3 Å². The minimum atomic E-state index is -1.82. The van der Waals surface area contributed by atoms with Crippen LogP contribution in [0.25, 0.3) is 0 Å². The Morgan fingerprint density at radius 3 is 1.91 bits per heavy atom. The maximum atomic E-state index is 12.8. The number of ether oxygens (including phenoxy) is 1. The Bertz CT molecular complexity index is 806. The summed E-state index contributed by atoms with van der Waals surface area (Å²) in [7, 11) is 0. The molecule has 1 aromatic rings. The molecule has 2 amide bonds. The number of piperazine rings is 1. The Morgan fingerprint density at radius 2 is 1.42 bits per heavy atom. The van der Waals surface area contributed by atoms with Gasteiger partial charge in [0.25, 0.3) is 0 Å². The lowest BCUT2D eigenvalue weighted by molar-refractivity contribution is -0.159. The normalized spacial score (nSPS) is 17.0. The van der Waals surface area contributed by atoms with E-state index in [-0.39, 0.29) is 17.9 Å². The number of carboxylic acid groups (broad SMARTS) is 2. The summed E-state index contributed by atoms with van der Waals surface area (Å²) in [5, 5.41) is 15.5. The van der Waals surface area contributed by atoms with Crippen molar-refractivity contribution in [3.63, 3.8) is 0 Å². The van der Waals surface area contributed by atoms with Crippen LogP contribution < -0.4 is 0 Å². The van der Waals surface area contributed by atoms with E-state index >= 15 is 0 Å². The van der Waals surface area contributed by atoms with Gasteiger partial charge in [-0.2, -0.15) is 0 Å². The second-order valence-corrected chi connectivity index (χ2v) is 8.23. The van der Waals surface area contributed by atoms with Gasteiger partial charge in [0.1, 0.15) is 0 Å². The summed E-state index contributed by atoms with van der Waals surface area (Å²) >= 11 is 5.94. The molecule has 0 radical (unpaired) electrons. The summed E-state index contributed by atoms with van der Waals surface area (Å²) in [4.78, 5) is 48.8. The van der Waals surface area contributed by atoms with Crippen molar-refractivity contribution < 1.29 is 34.1 Å². The quantitative estimate of drug-likeness (QED) is 0.622. The maximum Gasteiger partial charge on any atom is 0.414 e. The lowest BCUT2D eigenvalue weighted by Gasteiger charge is -2.38. The van der Waals surface area contributed by atoms with Gasteiger partial charge in [-0.3, -0.25) is 9.69 Å². The first-order valence-corrected chi connectivity index (χ1v) is 11.2. The smallest absolute Gasteiger partial charge is 0.414 e. The number of carbonyl (C=O) groups excluding carboxylic acids is 2. The summed E-state index contributed by atoms with van der Waals surface area (Å²) < 4.78 is 5.03. The molecule has 0 bridgehead atoms. The molecule has 3 rings (SSSR count). The standard InChI is InChI=1S/C20H28ClN3O3.C2H2O4/c1-2-27-20(26)24-13-11-23(12-14-24)19(25)17-7-9-22(10-8-17)15-16-3-5-18(21)6-4-16;3-1(4)2(5)6/h3-6,17H,2,7-15H2,1H3;(H,3,4)(H,5,6). The van der Waals surface area contributed by atoms with Gasteiger partial charge in [-0.05, 0) is 50.6 Å². The SMILES string of the molecule is CCOC(=O)N1CCN(C(=O)C2CCN(Cc3ccc(Cl)cc3)CC2)CC1.O=C(O)C(=O)O. The molecule has 11 heteroatoms. The fourth-order valence-electron chi connectivity index (χ4n) is 3.77. The van der Waals surface area contributed by atoms with Crippen molar-refractivity contribution in [1.82, 2.24) is 14.7 Å². The predicted octanol–water partition coefficient (Wildman–Crippen LogP) is 2.01. The zero-order chi connectivity index (χ0) is 24.4. The van der Waals surface area contributed by atoms with Crippen LogP contribution in [0.4, 0.5) is 4.79 Å². The number of likely N-dealkylation sites (tertiary alicyclic amines) is 1. The molecular formula is C22H30ClN3O7. The zero-order valence-electron chi connectivity index (χ0n) is 18.6. The topological polar surface area (TPSA) is 128 Å². The third-order valence-electron chi connectivity index (χ3n) is 5.56. The van der Waals surface area contributed by atoms with Crippen LogP contribution in [0.5, 0.6) is 0 Å². The number of amides is 2. The number of hydrogen-bond acceptors (Lipinski definition) is 6. The van der Waals surface area contributed by atoms with E-state index in [9.17, 15) is 9.59 Å². The molecule has 33 heavy (non-hydrogen) atoms. The fourth-order valence-corrected chi connectivity index (χ4v) is 3.89. The summed E-state index contributed by atoms with van der Waals surface area (Å²) in [6.45, 7) is 7.26. The molecule has 1 aromatic carbocycles. The van der Waals surface area contributed by atoms with Gasteiger partial charge in [0.15, 0.2) is 0 Å². The Kier molecular flexibility index (Phi) is 10.4. The fraction of sp³-hybridized carbons (Fsp3) is 0.545. The van der Waals surface area contributed by atoms with E-state index in [4.69, 9.17) is 36.1 Å². The minimum Gasteiger partial charge on any atom is -0.473 e. The summed E-state index contributed by atoms with van der Waals surface area (Å²) in [6, 6.07) is 7.96. The summed E-state index contributed by atoms with van der Waals surface area (Å²) in [6.07, 6.45) is 1.51. The highest BCUT2D eigenvalue weighted by atomic mass is 35.5. The molecule has 2 aliphatic rings. The van der Waals surface area contributed by atoms with Crippen molar-refractivity contribution in [1.29, 1.82) is 0 Å². The van der Waals surface area contributed by atoms with E-state index in [1.807, 2.05) is 17.0 Å². The second kappa shape index (κ2) is 13.0. The summed E-state index contributed by atoms with van der Waals surface area (Å²) in [5.74, 6) is -3.31. The Balaban J connectivity index is 0.000000569. The zero-order valence-corrected chi connectivity index (χ0v) is 19.4. The number of piperidine rings is 1. The molecule has 0 unspecified atom stereocenters. The molecule has 2 aliphatic heterocycles. The molecule has 182 valence electrons. The van der Waals surface area contributed by atoms with E-state index in [2.05, 4.69) is 17.0 Å². The molecule has 0 spiro atoms. The van der Waals surface area contributed by atoms with Crippen LogP contribution in [0.2, 0.25) is 5.02 Å². The largest absolute Gasteiger partial charge is 0.473 e. The molecule has 0 aromatic heterocycles. The van der Waals surface area contributed by atoms with Gasteiger partial charge in [0.05, 0.1) is 6.61 Å². The van der Waals surface area contributed by atoms with Gasteiger partial charge in [-0.25, -0.2) is 14.4 Å². The van der Waals surface area contributed by atoms with Gasteiger partial charge >= 0.3 is 18.0 Å². The highest BCUT2D eigenvalue weighted by molar-refractivity contribution is 6.30. The number of rotatable bonds is 4. The van der Waals surface area contributed by atoms with E-state index < -0.39 is 11.9 Å². The van der Waals surface area contributed by atoms with Gasteiger partial charge in [-0.15, -0.1) is 0 Å². The number of aliphatic carboxylic acids is 2. The van der Waals surface area contributed by atoms with Crippen LogP contribution in [0.15, 0.2) is 24.3 Å². The average Bonchev–Trinajstić information content (AvgIpc) is 2.81. The van der Waals surface area contributed by atoms with Gasteiger partial charge in [0, 0.05) is 43.7 Å². The first-order chi connectivity index (χ1) is 15.7. The van der Waals surface area contributed by atoms with E-state index in [0.717, 1.165) is 37.5 Å². The van der Waals surface area contributed by atoms with Crippen molar-refractivity contribution in [2.24, 2.45) is 5.92 Å². The van der Waals surface area contributed by atoms with E-state index in [1.54, 1.807) is 11.8 Å². The molecule has 2 fully saturated rings. The lowest BCUT2D eigenvalue weighted by atomic mass is 9.94. The Hall–Kier alpha value is -2.85. The van der Waals surface area contributed by atoms with Crippen molar-refractivity contribution in [2.45, 2.75) is 26.3 Å². The van der Waals surface area contributed by atoms with Crippen LogP contribution in [-0.4, -0.2) is 94.7 Å². The number of hydrogen-bond donors (Lipinski definition) is 2. The highest BCUT2D eigenvalue weighted by Gasteiger charge is 2.31. The number of halogens is 1. The number of carbonyl (C=O) groups is 4. The molecule has 0 saturated carbocycles. The van der Waals surface area contributed by atoms with Crippen LogP contribution in [0.3, 0.4) is 0 Å². The van der Waals surface area contributed by atoms with Crippen molar-refractivity contribution >= 4 is 35.5 Å². The van der Waals surface area contributed by atoms with Crippen LogP contribution >= 0.6 is 11.6 Å².